The molecule has 0 amide bonds. The zero-order chi connectivity index (χ0) is 35.7. The van der Waals surface area contributed by atoms with Gasteiger partial charge in [0, 0.05) is 12.8 Å². The molecule has 0 saturated heterocycles. The quantitative estimate of drug-likeness (QED) is 0.0251. The number of aliphatic hydroxyl groups is 4. The van der Waals surface area contributed by atoms with Gasteiger partial charge in [-0.25, -0.2) is 0 Å². The maximum Gasteiger partial charge on any atom is 0.305 e. The average Bonchev–Trinajstić information content (AvgIpc) is 3.05. The van der Waals surface area contributed by atoms with E-state index in [1.807, 2.05) is 19.1 Å². The molecule has 48 heavy (non-hydrogen) atoms. The van der Waals surface area contributed by atoms with Gasteiger partial charge in [-0.3, -0.25) is 9.59 Å². The minimum atomic E-state index is -1.09. The van der Waals surface area contributed by atoms with Gasteiger partial charge < -0.3 is 29.9 Å². The fourth-order valence-corrected chi connectivity index (χ4v) is 4.85. The molecule has 0 saturated carbocycles. The van der Waals surface area contributed by atoms with E-state index >= 15 is 0 Å². The molecule has 0 spiro atoms. The molecule has 0 aromatic carbocycles. The van der Waals surface area contributed by atoms with E-state index in [1.54, 1.807) is 42.5 Å². The molecule has 0 aliphatic carbocycles. The van der Waals surface area contributed by atoms with Crippen molar-refractivity contribution in [3.63, 3.8) is 0 Å². The van der Waals surface area contributed by atoms with Crippen LogP contribution in [0.1, 0.15) is 136 Å². The maximum atomic E-state index is 12.0. The summed E-state index contributed by atoms with van der Waals surface area (Å²) in [5.41, 5.74) is 0. The molecule has 0 aliphatic heterocycles. The Hall–Kier alpha value is -2.52. The molecule has 8 heteroatoms. The van der Waals surface area contributed by atoms with Crippen LogP contribution >= 0.6 is 0 Å². The topological polar surface area (TPSA) is 134 Å². The predicted octanol–water partition coefficient (Wildman–Crippen LogP) is 8.00. The Balaban J connectivity index is 3.82. The first kappa shape index (κ1) is 45.5. The van der Waals surface area contributed by atoms with Crippen molar-refractivity contribution in [3.8, 4) is 0 Å². The van der Waals surface area contributed by atoms with Crippen LogP contribution in [-0.2, 0) is 19.1 Å². The van der Waals surface area contributed by atoms with E-state index in [2.05, 4.69) is 13.8 Å². The van der Waals surface area contributed by atoms with Gasteiger partial charge in [-0.15, -0.1) is 0 Å². The molecular formula is C40H68O8. The second kappa shape index (κ2) is 33.0. The van der Waals surface area contributed by atoms with Gasteiger partial charge in [-0.2, -0.15) is 0 Å². The highest BCUT2D eigenvalue weighted by Gasteiger charge is 2.15. The molecule has 0 aromatic rings. The zero-order valence-corrected chi connectivity index (χ0v) is 30.2. The lowest BCUT2D eigenvalue weighted by atomic mass is 10.0. The van der Waals surface area contributed by atoms with Crippen molar-refractivity contribution in [1.82, 2.24) is 0 Å². The van der Waals surface area contributed by atoms with Gasteiger partial charge in [0.25, 0.3) is 0 Å². The third kappa shape index (κ3) is 32.0. The number of hydrogen-bond donors (Lipinski definition) is 4. The van der Waals surface area contributed by atoms with E-state index in [0.717, 1.165) is 31.6 Å². The standard InChI is InChI=1S/C40H68O8/c1-4-5-19-26-35(41)27-21-16-13-14-17-22-28-37(43)38(44)29-24-31-40(46)48-33-36(42)32-47-39(45)30-23-18-12-10-8-6-7-9-11-15-20-25-34(2)3/h5,13-14,16-17,19,21-22,27-28,34-38,41-44H,4,6-12,15,18,20,23-26,29-33H2,1-3H3/b16-13+,17-14-,19-5-,27-21+,28-22-/t35-,36-,37+,38+/m1/s1. The van der Waals surface area contributed by atoms with Gasteiger partial charge in [0.15, 0.2) is 0 Å². The summed E-state index contributed by atoms with van der Waals surface area (Å²) < 4.78 is 10.1. The van der Waals surface area contributed by atoms with Crippen molar-refractivity contribution in [2.24, 2.45) is 5.92 Å². The van der Waals surface area contributed by atoms with Gasteiger partial charge in [0.05, 0.1) is 18.3 Å². The number of carbonyl (C=O) groups excluding carboxylic acids is 2. The molecule has 0 fully saturated rings. The van der Waals surface area contributed by atoms with Crippen molar-refractivity contribution in [2.75, 3.05) is 13.2 Å². The number of carbonyl (C=O) groups is 2. The Labute approximate surface area is 291 Å². The fraction of sp³-hybridized carbons (Fsp3) is 0.700. The van der Waals surface area contributed by atoms with Crippen LogP contribution < -0.4 is 0 Å². The number of allylic oxidation sites excluding steroid dienone is 7. The van der Waals surface area contributed by atoms with Crippen molar-refractivity contribution in [2.45, 2.75) is 161 Å². The van der Waals surface area contributed by atoms with E-state index < -0.39 is 30.4 Å². The molecule has 0 radical (unpaired) electrons. The molecule has 0 bridgehead atoms. The van der Waals surface area contributed by atoms with Crippen LogP contribution in [-0.4, -0.2) is 70.0 Å². The summed E-state index contributed by atoms with van der Waals surface area (Å²) >= 11 is 0. The molecule has 276 valence electrons. The Bertz CT molecular complexity index is 920. The Morgan fingerprint density at radius 3 is 1.60 bits per heavy atom. The lowest BCUT2D eigenvalue weighted by Crippen LogP contribution is -2.26. The van der Waals surface area contributed by atoms with Crippen LogP contribution in [0.15, 0.2) is 60.8 Å². The molecule has 0 rings (SSSR count). The van der Waals surface area contributed by atoms with Crippen LogP contribution in [0.5, 0.6) is 0 Å². The number of esters is 2. The van der Waals surface area contributed by atoms with E-state index in [9.17, 15) is 30.0 Å². The first-order valence-electron chi connectivity index (χ1n) is 18.5. The van der Waals surface area contributed by atoms with Crippen molar-refractivity contribution in [1.29, 1.82) is 0 Å². The summed E-state index contributed by atoms with van der Waals surface area (Å²) in [7, 11) is 0. The third-order valence-corrected chi connectivity index (χ3v) is 7.79. The van der Waals surface area contributed by atoms with Crippen LogP contribution in [0.25, 0.3) is 0 Å². The molecule has 0 aliphatic rings. The summed E-state index contributed by atoms with van der Waals surface area (Å²) in [6, 6.07) is 0. The van der Waals surface area contributed by atoms with Gasteiger partial charge in [0.2, 0.25) is 0 Å². The van der Waals surface area contributed by atoms with Gasteiger partial charge >= 0.3 is 11.9 Å². The van der Waals surface area contributed by atoms with Crippen LogP contribution in [0, 0.1) is 5.92 Å². The van der Waals surface area contributed by atoms with Crippen LogP contribution in [0.4, 0.5) is 0 Å². The molecule has 0 heterocycles. The summed E-state index contributed by atoms with van der Waals surface area (Å²) in [5.74, 6) is -0.0752. The van der Waals surface area contributed by atoms with Crippen LogP contribution in [0.3, 0.4) is 0 Å². The lowest BCUT2D eigenvalue weighted by Gasteiger charge is -2.14. The van der Waals surface area contributed by atoms with Crippen molar-refractivity contribution in [3.05, 3.63) is 60.8 Å². The highest BCUT2D eigenvalue weighted by atomic mass is 16.6. The predicted molar refractivity (Wildman–Crippen MR) is 195 cm³/mol. The summed E-state index contributed by atoms with van der Waals surface area (Å²) in [6.07, 6.45) is 30.9. The summed E-state index contributed by atoms with van der Waals surface area (Å²) in [5, 5.41) is 40.0. The van der Waals surface area contributed by atoms with E-state index in [0.29, 0.717) is 19.3 Å². The van der Waals surface area contributed by atoms with Crippen molar-refractivity contribution < 1.29 is 39.5 Å². The highest BCUT2D eigenvalue weighted by molar-refractivity contribution is 5.69. The van der Waals surface area contributed by atoms with Gasteiger partial charge in [-0.05, 0) is 38.0 Å². The Morgan fingerprint density at radius 1 is 0.583 bits per heavy atom. The molecule has 0 unspecified atom stereocenters. The maximum absolute atomic E-state index is 12.0. The number of hydrogen-bond acceptors (Lipinski definition) is 8. The number of unbranched alkanes of at least 4 members (excludes halogenated alkanes) is 10. The molecule has 8 nitrogen and oxygen atoms in total. The first-order valence-corrected chi connectivity index (χ1v) is 18.5. The first-order chi connectivity index (χ1) is 23.1. The van der Waals surface area contributed by atoms with E-state index in [1.165, 1.54) is 63.9 Å². The molecule has 4 atom stereocenters. The second-order valence-electron chi connectivity index (χ2n) is 13.0. The molecule has 0 aromatic heterocycles. The zero-order valence-electron chi connectivity index (χ0n) is 30.2. The normalized spacial score (nSPS) is 15.0. The number of aliphatic hydroxyl groups excluding tert-OH is 4. The second-order valence-corrected chi connectivity index (χ2v) is 13.0. The fourth-order valence-electron chi connectivity index (χ4n) is 4.85. The smallest absolute Gasteiger partial charge is 0.305 e. The van der Waals surface area contributed by atoms with Crippen molar-refractivity contribution >= 4 is 11.9 Å². The lowest BCUT2D eigenvalue weighted by molar-refractivity contribution is -0.152. The SMILES string of the molecule is CC/C=C\C[C@@H](O)/C=C/C=C/C=C\C=C/[C@H](O)[C@@H](O)CCCC(=O)OC[C@H](O)COC(=O)CCCCCCCCCCCCCC(C)C. The van der Waals surface area contributed by atoms with E-state index in [-0.39, 0.29) is 32.0 Å². The minimum Gasteiger partial charge on any atom is -0.463 e. The Morgan fingerprint density at radius 2 is 1.06 bits per heavy atom. The average molecular weight is 677 g/mol. The highest BCUT2D eigenvalue weighted by Crippen LogP contribution is 2.14. The summed E-state index contributed by atoms with van der Waals surface area (Å²) in [6.45, 7) is 6.12. The van der Waals surface area contributed by atoms with Crippen LogP contribution in [0.2, 0.25) is 0 Å². The number of rotatable bonds is 31. The molecular weight excluding hydrogens is 608 g/mol. The molecule has 4 N–H and O–H groups in total. The largest absolute Gasteiger partial charge is 0.463 e. The Kier molecular flexibility index (Phi) is 31.3. The third-order valence-electron chi connectivity index (χ3n) is 7.79. The minimum absolute atomic E-state index is 0.0280. The van der Waals surface area contributed by atoms with E-state index in [4.69, 9.17) is 9.47 Å². The van der Waals surface area contributed by atoms with Gasteiger partial charge in [0.1, 0.15) is 19.3 Å². The monoisotopic (exact) mass is 676 g/mol. The summed E-state index contributed by atoms with van der Waals surface area (Å²) in [4.78, 5) is 23.9. The number of ether oxygens (including phenoxy) is 2. The van der Waals surface area contributed by atoms with Gasteiger partial charge in [-0.1, -0.05) is 152 Å².